The van der Waals surface area contributed by atoms with Crippen LogP contribution in [-0.2, 0) is 4.79 Å². The van der Waals surface area contributed by atoms with Crippen LogP contribution >= 0.6 is 11.6 Å². The van der Waals surface area contributed by atoms with Crippen LogP contribution in [0.25, 0.3) is 0 Å². The number of anilines is 1. The van der Waals surface area contributed by atoms with Crippen LogP contribution in [0, 0.1) is 0 Å². The molecule has 27 heavy (non-hydrogen) atoms. The second-order valence-electron chi connectivity index (χ2n) is 6.34. The summed E-state index contributed by atoms with van der Waals surface area (Å²) < 4.78 is 0. The number of nitrogens with one attached hydrogen (secondary N) is 1. The Morgan fingerprint density at radius 2 is 1.48 bits per heavy atom. The maximum Gasteiger partial charge on any atom is 0.255 e. The molecule has 3 amide bonds. The standard InChI is InChI=1S/C20H20ClN3O3/c1-14(25)23-9-11-24(12-10-23)20(27)16-7-5-15(6-8-16)19(26)22-18-4-2-3-17(21)13-18/h2-8,13H,9-12H2,1H3,(H,22,26). The Kier molecular flexibility index (Phi) is 5.76. The van der Waals surface area contributed by atoms with Crippen LogP contribution in [0.3, 0.4) is 0 Å². The average molecular weight is 386 g/mol. The Morgan fingerprint density at radius 1 is 0.889 bits per heavy atom. The van der Waals surface area contributed by atoms with E-state index in [1.165, 1.54) is 6.92 Å². The topological polar surface area (TPSA) is 69.7 Å². The molecule has 0 unspecified atom stereocenters. The highest BCUT2D eigenvalue weighted by atomic mass is 35.5. The Hall–Kier alpha value is -2.86. The summed E-state index contributed by atoms with van der Waals surface area (Å²) in [4.78, 5) is 39.7. The Balaban J connectivity index is 1.62. The maximum atomic E-state index is 12.6. The number of amides is 3. The average Bonchev–Trinajstić information content (AvgIpc) is 2.67. The third-order valence-corrected chi connectivity index (χ3v) is 4.72. The molecule has 1 aliphatic rings. The summed E-state index contributed by atoms with van der Waals surface area (Å²) in [6, 6.07) is 13.4. The van der Waals surface area contributed by atoms with E-state index in [-0.39, 0.29) is 17.7 Å². The van der Waals surface area contributed by atoms with Crippen LogP contribution in [0.5, 0.6) is 0 Å². The smallest absolute Gasteiger partial charge is 0.255 e. The van der Waals surface area contributed by atoms with E-state index in [9.17, 15) is 14.4 Å². The minimum absolute atomic E-state index is 0.0252. The lowest BCUT2D eigenvalue weighted by Crippen LogP contribution is -2.50. The molecule has 1 heterocycles. The fourth-order valence-corrected chi connectivity index (χ4v) is 3.13. The van der Waals surface area contributed by atoms with Gasteiger partial charge >= 0.3 is 0 Å². The molecule has 0 aromatic heterocycles. The molecule has 0 radical (unpaired) electrons. The Morgan fingerprint density at radius 3 is 2.07 bits per heavy atom. The third-order valence-electron chi connectivity index (χ3n) is 4.49. The lowest BCUT2D eigenvalue weighted by molar-refractivity contribution is -0.130. The molecule has 1 fully saturated rings. The summed E-state index contributed by atoms with van der Waals surface area (Å²) in [6.45, 7) is 3.64. The fraction of sp³-hybridized carbons (Fsp3) is 0.250. The van der Waals surface area contributed by atoms with Gasteiger partial charge in [0.25, 0.3) is 11.8 Å². The molecule has 0 atom stereocenters. The molecule has 2 aromatic rings. The van der Waals surface area contributed by atoms with Gasteiger partial charge in [-0.25, -0.2) is 0 Å². The van der Waals surface area contributed by atoms with E-state index in [1.54, 1.807) is 58.3 Å². The lowest BCUT2D eigenvalue weighted by atomic mass is 10.1. The largest absolute Gasteiger partial charge is 0.339 e. The molecule has 0 spiro atoms. The van der Waals surface area contributed by atoms with E-state index in [0.29, 0.717) is 48.0 Å². The van der Waals surface area contributed by atoms with Gasteiger partial charge in [0.05, 0.1) is 0 Å². The van der Waals surface area contributed by atoms with E-state index in [2.05, 4.69) is 5.32 Å². The van der Waals surface area contributed by atoms with Gasteiger partial charge in [0, 0.05) is 54.9 Å². The van der Waals surface area contributed by atoms with Gasteiger partial charge in [-0.05, 0) is 42.5 Å². The molecule has 7 heteroatoms. The summed E-state index contributed by atoms with van der Waals surface area (Å²) in [7, 11) is 0. The van der Waals surface area contributed by atoms with Gasteiger partial charge in [-0.2, -0.15) is 0 Å². The van der Waals surface area contributed by atoms with E-state index < -0.39 is 0 Å². The molecule has 3 rings (SSSR count). The van der Waals surface area contributed by atoms with Crippen LogP contribution in [0.1, 0.15) is 27.6 Å². The first kappa shape index (κ1) is 18.9. The highest BCUT2D eigenvalue weighted by Crippen LogP contribution is 2.16. The Bertz CT molecular complexity index is 859. The zero-order valence-electron chi connectivity index (χ0n) is 14.9. The van der Waals surface area contributed by atoms with Crippen molar-refractivity contribution in [1.82, 2.24) is 9.80 Å². The van der Waals surface area contributed by atoms with Crippen molar-refractivity contribution in [3.05, 3.63) is 64.7 Å². The number of halogens is 1. The van der Waals surface area contributed by atoms with Gasteiger partial charge in [-0.15, -0.1) is 0 Å². The number of piperazine rings is 1. The van der Waals surface area contributed by atoms with E-state index in [4.69, 9.17) is 11.6 Å². The molecule has 0 bridgehead atoms. The molecule has 140 valence electrons. The molecule has 0 aliphatic carbocycles. The molecule has 0 saturated carbocycles. The van der Waals surface area contributed by atoms with Crippen LogP contribution in [0.15, 0.2) is 48.5 Å². The summed E-state index contributed by atoms with van der Waals surface area (Å²) >= 11 is 5.91. The minimum Gasteiger partial charge on any atom is -0.339 e. The van der Waals surface area contributed by atoms with Gasteiger partial charge in [0.1, 0.15) is 0 Å². The van der Waals surface area contributed by atoms with Crippen LogP contribution in [0.2, 0.25) is 5.02 Å². The maximum absolute atomic E-state index is 12.6. The Labute approximate surface area is 162 Å². The van der Waals surface area contributed by atoms with Gasteiger partial charge in [-0.1, -0.05) is 17.7 Å². The molecular formula is C20H20ClN3O3. The van der Waals surface area contributed by atoms with Crippen molar-refractivity contribution < 1.29 is 14.4 Å². The molecule has 1 saturated heterocycles. The van der Waals surface area contributed by atoms with Crippen molar-refractivity contribution in [2.75, 3.05) is 31.5 Å². The van der Waals surface area contributed by atoms with Gasteiger partial charge in [0.15, 0.2) is 0 Å². The number of hydrogen-bond donors (Lipinski definition) is 1. The SMILES string of the molecule is CC(=O)N1CCN(C(=O)c2ccc(C(=O)Nc3cccc(Cl)c3)cc2)CC1. The number of carbonyl (C=O) groups excluding carboxylic acids is 3. The van der Waals surface area contributed by atoms with Crippen molar-refractivity contribution >= 4 is 35.0 Å². The zero-order chi connectivity index (χ0) is 19.4. The van der Waals surface area contributed by atoms with E-state index in [0.717, 1.165) is 0 Å². The number of benzene rings is 2. The van der Waals surface area contributed by atoms with Gasteiger partial charge in [-0.3, -0.25) is 14.4 Å². The highest BCUT2D eigenvalue weighted by molar-refractivity contribution is 6.31. The molecule has 6 nitrogen and oxygen atoms in total. The van der Waals surface area contributed by atoms with E-state index >= 15 is 0 Å². The van der Waals surface area contributed by atoms with Crippen LogP contribution < -0.4 is 5.32 Å². The summed E-state index contributed by atoms with van der Waals surface area (Å²) in [5.74, 6) is -0.344. The third kappa shape index (κ3) is 4.65. The van der Waals surface area contributed by atoms with Gasteiger partial charge < -0.3 is 15.1 Å². The van der Waals surface area contributed by atoms with Crippen molar-refractivity contribution in [3.63, 3.8) is 0 Å². The monoisotopic (exact) mass is 385 g/mol. The predicted molar refractivity (Wildman–Crippen MR) is 104 cm³/mol. The van der Waals surface area contributed by atoms with E-state index in [1.807, 2.05) is 0 Å². The van der Waals surface area contributed by atoms with Gasteiger partial charge in [0.2, 0.25) is 5.91 Å². The number of carbonyl (C=O) groups is 3. The number of rotatable bonds is 3. The minimum atomic E-state index is -0.272. The first-order valence-electron chi connectivity index (χ1n) is 8.66. The highest BCUT2D eigenvalue weighted by Gasteiger charge is 2.23. The van der Waals surface area contributed by atoms with Crippen molar-refractivity contribution in [2.45, 2.75) is 6.92 Å². The number of hydrogen-bond acceptors (Lipinski definition) is 3. The van der Waals surface area contributed by atoms with Crippen LogP contribution in [-0.4, -0.2) is 53.7 Å². The van der Waals surface area contributed by atoms with Crippen molar-refractivity contribution in [3.8, 4) is 0 Å². The quantitative estimate of drug-likeness (QED) is 0.883. The number of nitrogens with zero attached hydrogens (tertiary/aromatic N) is 2. The first-order chi connectivity index (χ1) is 12.9. The second-order valence-corrected chi connectivity index (χ2v) is 6.78. The summed E-state index contributed by atoms with van der Waals surface area (Å²) in [5.41, 5.74) is 1.58. The van der Waals surface area contributed by atoms with Crippen LogP contribution in [0.4, 0.5) is 5.69 Å². The fourth-order valence-electron chi connectivity index (χ4n) is 2.94. The summed E-state index contributed by atoms with van der Waals surface area (Å²) in [5, 5.41) is 3.31. The van der Waals surface area contributed by atoms with Crippen molar-refractivity contribution in [1.29, 1.82) is 0 Å². The zero-order valence-corrected chi connectivity index (χ0v) is 15.7. The molecule has 1 N–H and O–H groups in total. The normalized spacial score (nSPS) is 14.0. The molecule has 2 aromatic carbocycles. The molecule has 1 aliphatic heterocycles. The first-order valence-corrected chi connectivity index (χ1v) is 9.03. The molecular weight excluding hydrogens is 366 g/mol. The second kappa shape index (κ2) is 8.22. The van der Waals surface area contributed by atoms with Crippen molar-refractivity contribution in [2.24, 2.45) is 0 Å². The summed E-state index contributed by atoms with van der Waals surface area (Å²) in [6.07, 6.45) is 0. The lowest BCUT2D eigenvalue weighted by Gasteiger charge is -2.34. The predicted octanol–water partition coefficient (Wildman–Crippen LogP) is 2.90.